The minimum absolute atomic E-state index is 0.0357. The molecule has 0 aromatic heterocycles. The van der Waals surface area contributed by atoms with Crippen molar-refractivity contribution in [2.45, 2.75) is 110 Å². The van der Waals surface area contributed by atoms with E-state index in [0.29, 0.717) is 11.3 Å². The monoisotopic (exact) mass is 640 g/mol. The number of fused-ring (bicyclic) bond motifs is 3. The molecule has 9 heteroatoms. The third-order valence-electron chi connectivity index (χ3n) is 10.00. The predicted molar refractivity (Wildman–Crippen MR) is 172 cm³/mol. The van der Waals surface area contributed by atoms with Crippen molar-refractivity contribution in [3.8, 4) is 11.1 Å². The summed E-state index contributed by atoms with van der Waals surface area (Å²) in [6.07, 6.45) is 14.8. The summed E-state index contributed by atoms with van der Waals surface area (Å²) in [5, 5.41) is -0.333. The quantitative estimate of drug-likeness (QED) is 0.179. The highest BCUT2D eigenvalue weighted by molar-refractivity contribution is 7.86. The van der Waals surface area contributed by atoms with Crippen LogP contribution in [0.3, 0.4) is 0 Å². The summed E-state index contributed by atoms with van der Waals surface area (Å²) in [6, 6.07) is 20.3. The zero-order valence-corrected chi connectivity index (χ0v) is 27.0. The second-order valence-electron chi connectivity index (χ2n) is 12.6. The van der Waals surface area contributed by atoms with Crippen LogP contribution >= 0.6 is 7.92 Å². The molecule has 0 heterocycles. The standard InChI is InChI=1S/C34H41O6PS2/c35-42(36,37)28-19-17-25(18-20-28)10-9-23-34(41(26-11-3-1-4-12-26)27-13-5-2-6-14-27)32-16-8-7-15-30(32)31-22-21-29(24-33(31)34)43(38,39)40/h7-8,15-22,24,26-27H,1-6,9-14,23H2,(H,35,36,37)(H,38,39,40)/t34-/m1/s1. The normalized spacial score (nSPS) is 21.6. The lowest BCUT2D eigenvalue weighted by Crippen LogP contribution is -2.35. The van der Waals surface area contributed by atoms with E-state index < -0.39 is 28.2 Å². The van der Waals surface area contributed by atoms with Gasteiger partial charge in [-0.25, -0.2) is 0 Å². The molecular weight excluding hydrogens is 599 g/mol. The third-order valence-corrected chi connectivity index (χ3v) is 15.9. The molecule has 6 rings (SSSR count). The molecule has 2 N–H and O–H groups in total. The van der Waals surface area contributed by atoms with Crippen LogP contribution in [0.2, 0.25) is 0 Å². The van der Waals surface area contributed by atoms with E-state index in [1.165, 1.54) is 87.5 Å². The van der Waals surface area contributed by atoms with Crippen LogP contribution in [0, 0.1) is 0 Å². The molecule has 0 bridgehead atoms. The molecule has 2 saturated carbocycles. The molecule has 0 aliphatic heterocycles. The zero-order chi connectivity index (χ0) is 30.2. The van der Waals surface area contributed by atoms with Crippen molar-refractivity contribution in [3.05, 3.63) is 83.4 Å². The summed E-state index contributed by atoms with van der Waals surface area (Å²) < 4.78 is 67.7. The molecule has 1 atom stereocenters. The summed E-state index contributed by atoms with van der Waals surface area (Å²) in [6.45, 7) is 0. The van der Waals surface area contributed by atoms with E-state index >= 15 is 0 Å². The van der Waals surface area contributed by atoms with Gasteiger partial charge in [-0.2, -0.15) is 16.8 Å². The average molecular weight is 641 g/mol. The van der Waals surface area contributed by atoms with Crippen molar-refractivity contribution in [1.82, 2.24) is 0 Å². The van der Waals surface area contributed by atoms with E-state index in [1.54, 1.807) is 24.3 Å². The van der Waals surface area contributed by atoms with Gasteiger partial charge in [0, 0.05) is 5.16 Å². The summed E-state index contributed by atoms with van der Waals surface area (Å²) in [4.78, 5) is -0.145. The van der Waals surface area contributed by atoms with Crippen molar-refractivity contribution in [2.75, 3.05) is 0 Å². The van der Waals surface area contributed by atoms with Gasteiger partial charge in [0.15, 0.2) is 0 Å². The van der Waals surface area contributed by atoms with Gasteiger partial charge in [-0.3, -0.25) is 9.11 Å². The Bertz CT molecular complexity index is 1660. The highest BCUT2D eigenvalue weighted by atomic mass is 32.2. The predicted octanol–water partition coefficient (Wildman–Crippen LogP) is 8.57. The van der Waals surface area contributed by atoms with Gasteiger partial charge < -0.3 is 0 Å². The Labute approximate surface area is 257 Å². The van der Waals surface area contributed by atoms with Crippen LogP contribution < -0.4 is 0 Å². The number of aryl methyl sites for hydroxylation is 1. The number of benzene rings is 3. The van der Waals surface area contributed by atoms with Crippen LogP contribution in [0.1, 0.15) is 93.7 Å². The van der Waals surface area contributed by atoms with Crippen molar-refractivity contribution in [1.29, 1.82) is 0 Å². The highest BCUT2D eigenvalue weighted by Crippen LogP contribution is 2.75. The van der Waals surface area contributed by atoms with Crippen molar-refractivity contribution >= 4 is 28.2 Å². The van der Waals surface area contributed by atoms with Crippen LogP contribution in [0.15, 0.2) is 76.5 Å². The van der Waals surface area contributed by atoms with Gasteiger partial charge in [0.05, 0.1) is 9.79 Å². The first-order valence-corrected chi connectivity index (χ1v) is 20.0. The summed E-state index contributed by atoms with van der Waals surface area (Å²) in [5.41, 5.74) is 6.84. The molecule has 0 spiro atoms. The van der Waals surface area contributed by atoms with Crippen molar-refractivity contribution in [3.63, 3.8) is 0 Å². The molecule has 2 fully saturated rings. The lowest BCUT2D eigenvalue weighted by Gasteiger charge is -2.50. The smallest absolute Gasteiger partial charge is 0.282 e. The van der Waals surface area contributed by atoms with Crippen LogP contribution in [0.4, 0.5) is 0 Å². The maximum absolute atomic E-state index is 12.5. The Balaban J connectivity index is 1.49. The Morgan fingerprint density at radius 2 is 1.19 bits per heavy atom. The molecule has 3 aliphatic rings. The SMILES string of the molecule is O=S(=O)(O)c1ccc(CCC[C@@]2(P(C3CCCCC3)C3CCCCC3)c3ccccc3-c3ccc(S(=O)(=O)O)cc32)cc1. The average Bonchev–Trinajstić information content (AvgIpc) is 3.27. The van der Waals surface area contributed by atoms with Gasteiger partial charge in [0.25, 0.3) is 20.2 Å². The number of hydrogen-bond donors (Lipinski definition) is 2. The Morgan fingerprint density at radius 1 is 0.651 bits per heavy atom. The van der Waals surface area contributed by atoms with E-state index in [-0.39, 0.29) is 14.9 Å². The zero-order valence-electron chi connectivity index (χ0n) is 24.5. The fraction of sp³-hybridized carbons (Fsp3) is 0.471. The highest BCUT2D eigenvalue weighted by Gasteiger charge is 2.53. The van der Waals surface area contributed by atoms with E-state index in [0.717, 1.165) is 36.0 Å². The Hall–Kier alpha value is -2.09. The first-order valence-electron chi connectivity index (χ1n) is 15.7. The van der Waals surface area contributed by atoms with Crippen LogP contribution in [0.5, 0.6) is 0 Å². The van der Waals surface area contributed by atoms with Crippen molar-refractivity contribution < 1.29 is 25.9 Å². The second kappa shape index (κ2) is 12.4. The lowest BCUT2D eigenvalue weighted by atomic mass is 9.89. The van der Waals surface area contributed by atoms with Crippen LogP contribution in [-0.4, -0.2) is 37.3 Å². The maximum atomic E-state index is 12.5. The number of rotatable bonds is 9. The molecule has 230 valence electrons. The van der Waals surface area contributed by atoms with Gasteiger partial charge in [-0.05, 0) is 108 Å². The van der Waals surface area contributed by atoms with Gasteiger partial charge in [0.2, 0.25) is 0 Å². The second-order valence-corrected chi connectivity index (χ2v) is 18.4. The molecule has 3 aromatic rings. The Morgan fingerprint density at radius 3 is 1.77 bits per heavy atom. The fourth-order valence-corrected chi connectivity index (χ4v) is 14.2. The summed E-state index contributed by atoms with van der Waals surface area (Å²) in [5.74, 6) is 0. The number of hydrogen-bond acceptors (Lipinski definition) is 4. The maximum Gasteiger partial charge on any atom is 0.294 e. The van der Waals surface area contributed by atoms with Gasteiger partial charge in [0.1, 0.15) is 0 Å². The molecular formula is C34H41O6PS2. The van der Waals surface area contributed by atoms with Gasteiger partial charge in [-0.1, -0.05) is 88.9 Å². The molecule has 0 unspecified atom stereocenters. The van der Waals surface area contributed by atoms with Crippen LogP contribution in [-0.2, 0) is 31.8 Å². The first kappa shape index (κ1) is 30.9. The van der Waals surface area contributed by atoms with E-state index in [2.05, 4.69) is 24.3 Å². The largest absolute Gasteiger partial charge is 0.294 e. The Kier molecular flexibility index (Phi) is 8.89. The van der Waals surface area contributed by atoms with E-state index in [1.807, 2.05) is 6.07 Å². The van der Waals surface area contributed by atoms with E-state index in [4.69, 9.17) is 0 Å². The molecule has 3 aromatic carbocycles. The topological polar surface area (TPSA) is 109 Å². The summed E-state index contributed by atoms with van der Waals surface area (Å²) >= 11 is 0. The minimum atomic E-state index is -4.38. The van der Waals surface area contributed by atoms with E-state index in [9.17, 15) is 25.9 Å². The molecule has 0 saturated heterocycles. The molecule has 6 nitrogen and oxygen atoms in total. The van der Waals surface area contributed by atoms with Crippen LogP contribution in [0.25, 0.3) is 11.1 Å². The van der Waals surface area contributed by atoms with Gasteiger partial charge >= 0.3 is 0 Å². The molecule has 0 radical (unpaired) electrons. The van der Waals surface area contributed by atoms with Crippen molar-refractivity contribution in [2.24, 2.45) is 0 Å². The molecule has 3 aliphatic carbocycles. The summed E-state index contributed by atoms with van der Waals surface area (Å²) in [7, 11) is -9.22. The fourth-order valence-electron chi connectivity index (χ4n) is 8.18. The van der Waals surface area contributed by atoms with Gasteiger partial charge in [-0.15, -0.1) is 0 Å². The lowest BCUT2D eigenvalue weighted by molar-refractivity contribution is 0.469. The third kappa shape index (κ3) is 6.11. The first-order chi connectivity index (χ1) is 20.6. The minimum Gasteiger partial charge on any atom is -0.282 e. The molecule has 0 amide bonds. The molecule has 43 heavy (non-hydrogen) atoms.